The van der Waals surface area contributed by atoms with E-state index in [0.717, 1.165) is 18.6 Å². The van der Waals surface area contributed by atoms with E-state index in [4.69, 9.17) is 4.74 Å². The standard InChI is InChI=1S/C19H20N2O3/c22-18(14-21-13-5-4-8-19(21)23)20-15-9-11-17(12-10-15)24-16-6-2-1-3-7-16/h1-3,6-7,9-12H,4-5,8,13-14H2,(H,20,22). The zero-order chi connectivity index (χ0) is 16.8. The normalized spacial score (nSPS) is 14.3. The van der Waals surface area contributed by atoms with Crippen molar-refractivity contribution in [1.29, 1.82) is 0 Å². The number of likely N-dealkylation sites (tertiary alicyclic amines) is 1. The zero-order valence-electron chi connectivity index (χ0n) is 13.4. The van der Waals surface area contributed by atoms with Crippen LogP contribution in [0.1, 0.15) is 19.3 Å². The molecule has 0 aromatic heterocycles. The lowest BCUT2D eigenvalue weighted by atomic mass is 10.1. The summed E-state index contributed by atoms with van der Waals surface area (Å²) in [5.41, 5.74) is 0.685. The number of piperidine rings is 1. The van der Waals surface area contributed by atoms with Crippen LogP contribution in [0, 0.1) is 0 Å². The molecule has 0 bridgehead atoms. The molecule has 5 nitrogen and oxygen atoms in total. The predicted octanol–water partition coefficient (Wildman–Crippen LogP) is 3.43. The Morgan fingerprint density at radius 3 is 2.42 bits per heavy atom. The molecule has 3 rings (SSSR count). The smallest absolute Gasteiger partial charge is 0.243 e. The quantitative estimate of drug-likeness (QED) is 0.916. The summed E-state index contributed by atoms with van der Waals surface area (Å²) in [6, 6.07) is 16.7. The highest BCUT2D eigenvalue weighted by molar-refractivity contribution is 5.94. The topological polar surface area (TPSA) is 58.6 Å². The van der Waals surface area contributed by atoms with E-state index >= 15 is 0 Å². The van der Waals surface area contributed by atoms with Crippen molar-refractivity contribution in [3.05, 3.63) is 54.6 Å². The first-order valence-electron chi connectivity index (χ1n) is 8.11. The highest BCUT2D eigenvalue weighted by Crippen LogP contribution is 2.22. The van der Waals surface area contributed by atoms with Gasteiger partial charge >= 0.3 is 0 Å². The Labute approximate surface area is 141 Å². The van der Waals surface area contributed by atoms with Crippen molar-refractivity contribution in [3.8, 4) is 11.5 Å². The maximum atomic E-state index is 12.1. The van der Waals surface area contributed by atoms with Gasteiger partial charge in [-0.05, 0) is 49.2 Å². The molecule has 1 aliphatic rings. The fraction of sp³-hybridized carbons (Fsp3) is 0.263. The molecular formula is C19H20N2O3. The number of ether oxygens (including phenoxy) is 1. The minimum Gasteiger partial charge on any atom is -0.457 e. The number of anilines is 1. The second-order valence-electron chi connectivity index (χ2n) is 5.76. The summed E-state index contributed by atoms with van der Waals surface area (Å²) in [7, 11) is 0. The van der Waals surface area contributed by atoms with Gasteiger partial charge in [0.05, 0.1) is 6.54 Å². The van der Waals surface area contributed by atoms with Crippen LogP contribution in [-0.4, -0.2) is 29.8 Å². The number of benzene rings is 2. The average molecular weight is 324 g/mol. The molecule has 1 N–H and O–H groups in total. The van der Waals surface area contributed by atoms with Crippen molar-refractivity contribution in [3.63, 3.8) is 0 Å². The fourth-order valence-corrected chi connectivity index (χ4v) is 2.63. The van der Waals surface area contributed by atoms with Crippen LogP contribution >= 0.6 is 0 Å². The highest BCUT2D eigenvalue weighted by atomic mass is 16.5. The zero-order valence-corrected chi connectivity index (χ0v) is 13.4. The number of rotatable bonds is 5. The van der Waals surface area contributed by atoms with Gasteiger partial charge in [-0.25, -0.2) is 0 Å². The minimum absolute atomic E-state index is 0.0583. The Morgan fingerprint density at radius 1 is 1.00 bits per heavy atom. The highest BCUT2D eigenvalue weighted by Gasteiger charge is 2.20. The van der Waals surface area contributed by atoms with Gasteiger partial charge in [-0.15, -0.1) is 0 Å². The van der Waals surface area contributed by atoms with E-state index in [0.29, 0.717) is 24.4 Å². The van der Waals surface area contributed by atoms with E-state index in [2.05, 4.69) is 5.32 Å². The number of carbonyl (C=O) groups is 2. The lowest BCUT2D eigenvalue weighted by Gasteiger charge is -2.25. The molecule has 5 heteroatoms. The number of carbonyl (C=O) groups excluding carboxylic acids is 2. The molecule has 24 heavy (non-hydrogen) atoms. The lowest BCUT2D eigenvalue weighted by Crippen LogP contribution is -2.40. The van der Waals surface area contributed by atoms with Gasteiger partial charge in [-0.3, -0.25) is 9.59 Å². The van der Waals surface area contributed by atoms with Crippen LogP contribution in [0.5, 0.6) is 11.5 Å². The van der Waals surface area contributed by atoms with Crippen molar-refractivity contribution in [2.75, 3.05) is 18.4 Å². The van der Waals surface area contributed by atoms with Gasteiger partial charge in [0.2, 0.25) is 11.8 Å². The Balaban J connectivity index is 1.54. The monoisotopic (exact) mass is 324 g/mol. The van der Waals surface area contributed by atoms with Gasteiger partial charge in [0.25, 0.3) is 0 Å². The molecule has 1 saturated heterocycles. The molecule has 1 aliphatic heterocycles. The number of nitrogens with one attached hydrogen (secondary N) is 1. The van der Waals surface area contributed by atoms with E-state index in [1.807, 2.05) is 30.3 Å². The van der Waals surface area contributed by atoms with Gasteiger partial charge < -0.3 is 15.0 Å². The molecule has 0 radical (unpaired) electrons. The van der Waals surface area contributed by atoms with Crippen molar-refractivity contribution in [2.24, 2.45) is 0 Å². The average Bonchev–Trinajstić information content (AvgIpc) is 2.60. The fourth-order valence-electron chi connectivity index (χ4n) is 2.63. The minimum atomic E-state index is -0.179. The van der Waals surface area contributed by atoms with Crippen molar-refractivity contribution >= 4 is 17.5 Å². The Kier molecular flexibility index (Phi) is 5.11. The largest absolute Gasteiger partial charge is 0.457 e. The molecule has 1 fully saturated rings. The molecular weight excluding hydrogens is 304 g/mol. The second kappa shape index (κ2) is 7.64. The molecule has 0 saturated carbocycles. The first kappa shape index (κ1) is 16.1. The van der Waals surface area contributed by atoms with Gasteiger partial charge in [0, 0.05) is 18.7 Å². The maximum absolute atomic E-state index is 12.1. The van der Waals surface area contributed by atoms with Gasteiger partial charge in [-0.2, -0.15) is 0 Å². The van der Waals surface area contributed by atoms with Crippen molar-refractivity contribution in [1.82, 2.24) is 4.90 Å². The molecule has 0 unspecified atom stereocenters. The summed E-state index contributed by atoms with van der Waals surface area (Å²) < 4.78 is 5.71. The van der Waals surface area contributed by atoms with Crippen LogP contribution < -0.4 is 10.1 Å². The number of amides is 2. The van der Waals surface area contributed by atoms with E-state index in [1.165, 1.54) is 0 Å². The summed E-state index contributed by atoms with van der Waals surface area (Å²) in [5, 5.41) is 2.81. The number of hydrogen-bond acceptors (Lipinski definition) is 3. The van der Waals surface area contributed by atoms with Gasteiger partial charge in [0.15, 0.2) is 0 Å². The summed E-state index contributed by atoms with van der Waals surface area (Å²) in [6.07, 6.45) is 2.42. The number of para-hydroxylation sites is 1. The molecule has 0 spiro atoms. The van der Waals surface area contributed by atoms with E-state index in [1.54, 1.807) is 29.2 Å². The lowest BCUT2D eigenvalue weighted by molar-refractivity contribution is -0.136. The molecule has 2 aromatic rings. The van der Waals surface area contributed by atoms with Crippen LogP contribution in [0.4, 0.5) is 5.69 Å². The SMILES string of the molecule is O=C(CN1CCCCC1=O)Nc1ccc(Oc2ccccc2)cc1. The second-order valence-corrected chi connectivity index (χ2v) is 5.76. The van der Waals surface area contributed by atoms with Crippen LogP contribution in [0.15, 0.2) is 54.6 Å². The van der Waals surface area contributed by atoms with Crippen molar-refractivity contribution < 1.29 is 14.3 Å². The Morgan fingerprint density at radius 2 is 1.71 bits per heavy atom. The molecule has 0 atom stereocenters. The number of hydrogen-bond donors (Lipinski definition) is 1. The van der Waals surface area contributed by atoms with Crippen LogP contribution in [0.3, 0.4) is 0 Å². The predicted molar refractivity (Wildman–Crippen MR) is 92.0 cm³/mol. The van der Waals surface area contributed by atoms with E-state index in [-0.39, 0.29) is 18.4 Å². The molecule has 1 heterocycles. The van der Waals surface area contributed by atoms with Crippen LogP contribution in [-0.2, 0) is 9.59 Å². The molecule has 2 amide bonds. The van der Waals surface area contributed by atoms with E-state index in [9.17, 15) is 9.59 Å². The van der Waals surface area contributed by atoms with Gasteiger partial charge in [0.1, 0.15) is 11.5 Å². The Bertz CT molecular complexity index is 698. The Hall–Kier alpha value is -2.82. The first-order chi connectivity index (χ1) is 11.7. The van der Waals surface area contributed by atoms with Gasteiger partial charge in [-0.1, -0.05) is 18.2 Å². The maximum Gasteiger partial charge on any atom is 0.243 e. The molecule has 0 aliphatic carbocycles. The third-order valence-electron chi connectivity index (χ3n) is 3.87. The van der Waals surface area contributed by atoms with Crippen molar-refractivity contribution in [2.45, 2.75) is 19.3 Å². The van der Waals surface area contributed by atoms with Crippen LogP contribution in [0.2, 0.25) is 0 Å². The third-order valence-corrected chi connectivity index (χ3v) is 3.87. The molecule has 124 valence electrons. The first-order valence-corrected chi connectivity index (χ1v) is 8.11. The summed E-state index contributed by atoms with van der Waals surface area (Å²) in [6.45, 7) is 0.775. The molecule has 2 aromatic carbocycles. The van der Waals surface area contributed by atoms with E-state index < -0.39 is 0 Å². The summed E-state index contributed by atoms with van der Waals surface area (Å²) in [5.74, 6) is 1.34. The summed E-state index contributed by atoms with van der Waals surface area (Å²) in [4.78, 5) is 25.4. The third kappa shape index (κ3) is 4.35. The summed E-state index contributed by atoms with van der Waals surface area (Å²) >= 11 is 0. The van der Waals surface area contributed by atoms with Crippen LogP contribution in [0.25, 0.3) is 0 Å². The number of nitrogens with zero attached hydrogens (tertiary/aromatic N) is 1.